The molecule has 0 spiro atoms. The second-order valence-electron chi connectivity index (χ2n) is 3.51. The van der Waals surface area contributed by atoms with Gasteiger partial charge < -0.3 is 4.74 Å². The Kier molecular flexibility index (Phi) is 2.02. The monoisotopic (exact) mass is 191 g/mol. The van der Waals surface area contributed by atoms with Crippen molar-refractivity contribution in [1.82, 2.24) is 4.98 Å². The quantitative estimate of drug-likeness (QED) is 0.673. The van der Waals surface area contributed by atoms with Crippen LogP contribution in [0.4, 0.5) is 0 Å². The highest BCUT2D eigenvalue weighted by atomic mass is 16.6. The molecule has 0 aliphatic carbocycles. The van der Waals surface area contributed by atoms with Crippen molar-refractivity contribution in [3.63, 3.8) is 0 Å². The molecule has 0 atom stereocenters. The zero-order chi connectivity index (χ0) is 10.2. The smallest absolute Gasteiger partial charge is 0.339 e. The number of nitrogens with zero attached hydrogens (tertiary/aromatic N) is 1. The molecule has 0 radical (unpaired) electrons. The van der Waals surface area contributed by atoms with Crippen molar-refractivity contribution in [2.75, 3.05) is 0 Å². The number of aromatic nitrogens is 1. The van der Waals surface area contributed by atoms with Crippen molar-refractivity contribution in [3.8, 4) is 0 Å². The van der Waals surface area contributed by atoms with Crippen molar-refractivity contribution in [3.05, 3.63) is 29.6 Å². The third-order valence-corrected chi connectivity index (χ3v) is 2.96. The van der Waals surface area contributed by atoms with E-state index in [9.17, 15) is 4.79 Å². The van der Waals surface area contributed by atoms with Crippen LogP contribution in [0.1, 0.15) is 42.6 Å². The van der Waals surface area contributed by atoms with Gasteiger partial charge >= 0.3 is 5.97 Å². The van der Waals surface area contributed by atoms with Crippen LogP contribution in [0.5, 0.6) is 0 Å². The number of fused-ring (bicyclic) bond motifs is 1. The van der Waals surface area contributed by atoms with Gasteiger partial charge in [-0.1, -0.05) is 13.8 Å². The molecular weight excluding hydrogens is 178 g/mol. The molecule has 1 aromatic heterocycles. The normalized spacial score (nSPS) is 17.7. The molecule has 3 heteroatoms. The average molecular weight is 191 g/mol. The highest BCUT2D eigenvalue weighted by Gasteiger charge is 2.42. The number of carbonyl (C=O) groups excluding carboxylic acids is 1. The summed E-state index contributed by atoms with van der Waals surface area (Å²) in [4.78, 5) is 15.6. The number of pyridine rings is 1. The lowest BCUT2D eigenvalue weighted by atomic mass is 9.89. The third kappa shape index (κ3) is 1.05. The largest absolute Gasteiger partial charge is 0.451 e. The number of carbonyl (C=O) groups is 1. The fourth-order valence-corrected chi connectivity index (χ4v) is 2.00. The van der Waals surface area contributed by atoms with Gasteiger partial charge in [-0.05, 0) is 18.9 Å². The molecule has 0 aromatic carbocycles. The summed E-state index contributed by atoms with van der Waals surface area (Å²) in [6, 6.07) is 1.73. The Morgan fingerprint density at radius 1 is 1.43 bits per heavy atom. The predicted molar refractivity (Wildman–Crippen MR) is 51.9 cm³/mol. The fraction of sp³-hybridized carbons (Fsp3) is 0.455. The summed E-state index contributed by atoms with van der Waals surface area (Å²) >= 11 is 0. The van der Waals surface area contributed by atoms with Crippen molar-refractivity contribution < 1.29 is 9.53 Å². The van der Waals surface area contributed by atoms with E-state index >= 15 is 0 Å². The topological polar surface area (TPSA) is 39.2 Å². The summed E-state index contributed by atoms with van der Waals surface area (Å²) in [7, 11) is 0. The van der Waals surface area contributed by atoms with Crippen molar-refractivity contribution in [2.24, 2.45) is 0 Å². The van der Waals surface area contributed by atoms with Gasteiger partial charge in [0.15, 0.2) is 0 Å². The Labute approximate surface area is 83.1 Å². The van der Waals surface area contributed by atoms with Gasteiger partial charge in [-0.15, -0.1) is 0 Å². The van der Waals surface area contributed by atoms with Crippen LogP contribution in [0, 0.1) is 0 Å². The maximum Gasteiger partial charge on any atom is 0.339 e. The first-order chi connectivity index (χ1) is 6.73. The molecule has 3 nitrogen and oxygen atoms in total. The summed E-state index contributed by atoms with van der Waals surface area (Å²) in [6.45, 7) is 4.05. The van der Waals surface area contributed by atoms with E-state index in [2.05, 4.69) is 4.98 Å². The highest BCUT2D eigenvalue weighted by molar-refractivity contribution is 5.94. The van der Waals surface area contributed by atoms with Gasteiger partial charge in [0.1, 0.15) is 5.60 Å². The Morgan fingerprint density at radius 2 is 2.14 bits per heavy atom. The molecule has 1 aromatic rings. The van der Waals surface area contributed by atoms with Crippen LogP contribution in [-0.2, 0) is 10.3 Å². The minimum Gasteiger partial charge on any atom is -0.451 e. The molecule has 0 N–H and O–H groups in total. The summed E-state index contributed by atoms with van der Waals surface area (Å²) in [6.07, 6.45) is 4.97. The first kappa shape index (κ1) is 9.19. The maximum atomic E-state index is 11.5. The number of hydrogen-bond donors (Lipinski definition) is 0. The van der Waals surface area contributed by atoms with E-state index in [-0.39, 0.29) is 5.97 Å². The van der Waals surface area contributed by atoms with Gasteiger partial charge in [-0.3, -0.25) is 4.98 Å². The molecule has 0 amide bonds. The van der Waals surface area contributed by atoms with Gasteiger partial charge in [0.25, 0.3) is 0 Å². The number of cyclic esters (lactones) is 1. The lowest BCUT2D eigenvalue weighted by Crippen LogP contribution is -2.24. The molecule has 2 rings (SSSR count). The van der Waals surface area contributed by atoms with Crippen molar-refractivity contribution in [1.29, 1.82) is 0 Å². The van der Waals surface area contributed by atoms with E-state index in [1.807, 2.05) is 13.8 Å². The maximum absolute atomic E-state index is 11.5. The lowest BCUT2D eigenvalue weighted by Gasteiger charge is -2.25. The van der Waals surface area contributed by atoms with Gasteiger partial charge in [0.2, 0.25) is 0 Å². The summed E-state index contributed by atoms with van der Waals surface area (Å²) in [5.74, 6) is -0.217. The number of esters is 1. The molecule has 1 aliphatic heterocycles. The van der Waals surface area contributed by atoms with Crippen LogP contribution < -0.4 is 0 Å². The lowest BCUT2D eigenvalue weighted by molar-refractivity contribution is -0.0127. The van der Waals surface area contributed by atoms with Gasteiger partial charge in [0.05, 0.1) is 5.56 Å². The van der Waals surface area contributed by atoms with Crippen LogP contribution in [0.25, 0.3) is 0 Å². The standard InChI is InChI=1S/C11H13NO2/c1-3-11(4-2)9-7-12-6-5-8(9)10(13)14-11/h5-7H,3-4H2,1-2H3. The van der Waals surface area contributed by atoms with E-state index in [1.54, 1.807) is 18.5 Å². The first-order valence-electron chi connectivity index (χ1n) is 4.91. The molecule has 1 aliphatic rings. The zero-order valence-corrected chi connectivity index (χ0v) is 8.41. The summed E-state index contributed by atoms with van der Waals surface area (Å²) < 4.78 is 5.44. The van der Waals surface area contributed by atoms with Gasteiger partial charge in [0, 0.05) is 18.0 Å². The number of hydrogen-bond acceptors (Lipinski definition) is 3. The van der Waals surface area contributed by atoms with Crippen LogP contribution in [-0.4, -0.2) is 11.0 Å². The fourth-order valence-electron chi connectivity index (χ4n) is 2.00. The Morgan fingerprint density at radius 3 is 2.79 bits per heavy atom. The van der Waals surface area contributed by atoms with Crippen LogP contribution in [0.2, 0.25) is 0 Å². The molecule has 0 unspecified atom stereocenters. The molecule has 2 heterocycles. The minimum absolute atomic E-state index is 0.217. The zero-order valence-electron chi connectivity index (χ0n) is 8.41. The third-order valence-electron chi connectivity index (χ3n) is 2.96. The van der Waals surface area contributed by atoms with E-state index in [1.165, 1.54) is 0 Å². The molecule has 14 heavy (non-hydrogen) atoms. The van der Waals surface area contributed by atoms with Crippen molar-refractivity contribution in [2.45, 2.75) is 32.3 Å². The van der Waals surface area contributed by atoms with E-state index in [4.69, 9.17) is 4.74 Å². The average Bonchev–Trinajstić information content (AvgIpc) is 2.53. The second kappa shape index (κ2) is 3.08. The summed E-state index contributed by atoms with van der Waals surface area (Å²) in [5.41, 5.74) is 1.18. The molecular formula is C11H13NO2. The van der Waals surface area contributed by atoms with E-state index in [0.717, 1.165) is 18.4 Å². The summed E-state index contributed by atoms with van der Waals surface area (Å²) in [5, 5.41) is 0. The van der Waals surface area contributed by atoms with Gasteiger partial charge in [-0.2, -0.15) is 0 Å². The first-order valence-corrected chi connectivity index (χ1v) is 4.91. The van der Waals surface area contributed by atoms with E-state index < -0.39 is 5.60 Å². The molecule has 74 valence electrons. The SMILES string of the molecule is CCC1(CC)OC(=O)c2ccncc21. The molecule has 0 fully saturated rings. The Balaban J connectivity index is 2.58. The van der Waals surface area contributed by atoms with Gasteiger partial charge in [-0.25, -0.2) is 4.79 Å². The molecule has 0 saturated heterocycles. The second-order valence-corrected chi connectivity index (χ2v) is 3.51. The van der Waals surface area contributed by atoms with Crippen LogP contribution in [0.3, 0.4) is 0 Å². The molecule has 0 saturated carbocycles. The Hall–Kier alpha value is -1.38. The van der Waals surface area contributed by atoms with Crippen LogP contribution >= 0.6 is 0 Å². The Bertz CT molecular complexity index is 369. The number of ether oxygens (including phenoxy) is 1. The highest BCUT2D eigenvalue weighted by Crippen LogP contribution is 2.40. The predicted octanol–water partition coefficient (Wildman–Crippen LogP) is 2.27. The minimum atomic E-state index is -0.430. The number of rotatable bonds is 2. The van der Waals surface area contributed by atoms with Crippen molar-refractivity contribution >= 4 is 5.97 Å². The van der Waals surface area contributed by atoms with E-state index in [0.29, 0.717) is 5.56 Å². The van der Waals surface area contributed by atoms with Crippen LogP contribution in [0.15, 0.2) is 18.5 Å². The molecule has 0 bridgehead atoms.